The van der Waals surface area contributed by atoms with Crippen LogP contribution < -0.4 is 0 Å². The highest BCUT2D eigenvalue weighted by Gasteiger charge is 2.19. The molecule has 62 heavy (non-hydrogen) atoms. The predicted octanol–water partition coefficient (Wildman–Crippen LogP) is 18.1. The quantitative estimate of drug-likeness (QED) is 0.0344. The van der Waals surface area contributed by atoms with E-state index in [-0.39, 0.29) is 31.1 Å². The van der Waals surface area contributed by atoms with Crippen LogP contribution in [0.25, 0.3) is 0 Å². The molecule has 6 nitrogen and oxygen atoms in total. The molecule has 0 aliphatic carbocycles. The number of rotatable bonds is 50. The molecule has 0 N–H and O–H groups in total. The SMILES string of the molecule is CCCCCCCCCCCCCCCCCCC(=O)OC[C@H](COC(=O)CCCCCCCCCC(C)C)OC(=O)CCCCCCCCCCCCCCCCCC(C)C. The molecule has 0 spiro atoms. The summed E-state index contributed by atoms with van der Waals surface area (Å²) in [7, 11) is 0. The van der Waals surface area contributed by atoms with Gasteiger partial charge in [-0.05, 0) is 31.1 Å². The fourth-order valence-electron chi connectivity index (χ4n) is 8.52. The first-order valence-electron chi connectivity index (χ1n) is 27.7. The lowest BCUT2D eigenvalue weighted by Crippen LogP contribution is -2.30. The molecule has 0 bridgehead atoms. The van der Waals surface area contributed by atoms with Gasteiger partial charge in [-0.2, -0.15) is 0 Å². The third-order valence-electron chi connectivity index (χ3n) is 12.7. The van der Waals surface area contributed by atoms with Crippen LogP contribution in [0.15, 0.2) is 0 Å². The standard InChI is InChI=1S/C56H108O6/c1-6-7-8-9-10-11-12-13-14-17-20-23-26-31-36-41-46-54(57)60-49-53(50-61-55(58)47-42-37-33-28-30-35-40-45-52(4)5)62-56(59)48-43-38-32-27-24-21-18-15-16-19-22-25-29-34-39-44-51(2)3/h51-53H,6-50H2,1-5H3/t53-/m1/s1. The van der Waals surface area contributed by atoms with Gasteiger partial charge in [0.15, 0.2) is 6.10 Å². The molecule has 0 aromatic rings. The van der Waals surface area contributed by atoms with Crippen LogP contribution in [0.1, 0.15) is 311 Å². The van der Waals surface area contributed by atoms with Crippen LogP contribution >= 0.6 is 0 Å². The van der Waals surface area contributed by atoms with Gasteiger partial charge in [0.2, 0.25) is 0 Å². The highest BCUT2D eigenvalue weighted by molar-refractivity contribution is 5.71. The molecule has 0 fully saturated rings. The summed E-state index contributed by atoms with van der Waals surface area (Å²) < 4.78 is 16.8. The zero-order valence-electron chi connectivity index (χ0n) is 42.5. The smallest absolute Gasteiger partial charge is 0.306 e. The van der Waals surface area contributed by atoms with Crippen molar-refractivity contribution in [3.05, 3.63) is 0 Å². The molecule has 0 saturated carbocycles. The monoisotopic (exact) mass is 877 g/mol. The van der Waals surface area contributed by atoms with Crippen molar-refractivity contribution in [1.82, 2.24) is 0 Å². The lowest BCUT2D eigenvalue weighted by atomic mass is 10.0. The Kier molecular flexibility index (Phi) is 47.6. The van der Waals surface area contributed by atoms with E-state index in [1.807, 2.05) is 0 Å². The van der Waals surface area contributed by atoms with E-state index in [0.29, 0.717) is 19.3 Å². The molecule has 0 aliphatic heterocycles. The van der Waals surface area contributed by atoms with E-state index in [1.165, 1.54) is 199 Å². The normalized spacial score (nSPS) is 12.0. The van der Waals surface area contributed by atoms with Gasteiger partial charge in [-0.1, -0.05) is 272 Å². The van der Waals surface area contributed by atoms with Gasteiger partial charge in [0.1, 0.15) is 13.2 Å². The van der Waals surface area contributed by atoms with Crippen LogP contribution in [0.2, 0.25) is 0 Å². The Hall–Kier alpha value is -1.59. The molecule has 0 aromatic heterocycles. The van der Waals surface area contributed by atoms with Gasteiger partial charge in [0.05, 0.1) is 0 Å². The summed E-state index contributed by atoms with van der Waals surface area (Å²) in [4.78, 5) is 38.0. The van der Waals surface area contributed by atoms with Gasteiger partial charge >= 0.3 is 17.9 Å². The van der Waals surface area contributed by atoms with Crippen molar-refractivity contribution in [3.8, 4) is 0 Å². The minimum absolute atomic E-state index is 0.0635. The first-order valence-corrected chi connectivity index (χ1v) is 27.7. The average molecular weight is 877 g/mol. The topological polar surface area (TPSA) is 78.9 Å². The zero-order chi connectivity index (χ0) is 45.4. The maximum absolute atomic E-state index is 12.8. The van der Waals surface area contributed by atoms with E-state index < -0.39 is 6.10 Å². The molecular weight excluding hydrogens is 769 g/mol. The first-order chi connectivity index (χ1) is 30.2. The minimum Gasteiger partial charge on any atom is -0.462 e. The molecule has 0 heterocycles. The Labute approximate surface area is 387 Å². The summed E-state index contributed by atoms with van der Waals surface area (Å²) in [5.74, 6) is 0.784. The van der Waals surface area contributed by atoms with E-state index in [9.17, 15) is 14.4 Å². The molecule has 0 radical (unpaired) electrons. The fourth-order valence-corrected chi connectivity index (χ4v) is 8.52. The molecule has 1 atom stereocenters. The number of ether oxygens (including phenoxy) is 3. The van der Waals surface area contributed by atoms with Gasteiger partial charge < -0.3 is 14.2 Å². The van der Waals surface area contributed by atoms with E-state index in [0.717, 1.165) is 69.6 Å². The molecule has 0 amide bonds. The number of unbranched alkanes of at least 4 members (excludes halogenated alkanes) is 35. The third-order valence-corrected chi connectivity index (χ3v) is 12.7. The second-order valence-electron chi connectivity index (χ2n) is 20.2. The van der Waals surface area contributed by atoms with Gasteiger partial charge in [0, 0.05) is 19.3 Å². The number of carbonyl (C=O) groups is 3. The summed E-state index contributed by atoms with van der Waals surface area (Å²) >= 11 is 0. The van der Waals surface area contributed by atoms with Gasteiger partial charge in [0.25, 0.3) is 0 Å². The average Bonchev–Trinajstić information content (AvgIpc) is 3.24. The van der Waals surface area contributed by atoms with Crippen LogP contribution in [0.4, 0.5) is 0 Å². The van der Waals surface area contributed by atoms with E-state index in [1.54, 1.807) is 0 Å². The second kappa shape index (κ2) is 48.9. The Morgan fingerprint density at radius 3 is 0.790 bits per heavy atom. The molecule has 0 unspecified atom stereocenters. The summed E-state index contributed by atoms with van der Waals surface area (Å²) in [5.41, 5.74) is 0. The van der Waals surface area contributed by atoms with Crippen molar-refractivity contribution >= 4 is 17.9 Å². The Balaban J connectivity index is 4.26. The van der Waals surface area contributed by atoms with E-state index in [4.69, 9.17) is 14.2 Å². The summed E-state index contributed by atoms with van der Waals surface area (Å²) in [6.07, 6.45) is 51.0. The Morgan fingerprint density at radius 1 is 0.306 bits per heavy atom. The van der Waals surface area contributed by atoms with Gasteiger partial charge in [-0.3, -0.25) is 14.4 Å². The highest BCUT2D eigenvalue weighted by atomic mass is 16.6. The summed E-state index contributed by atoms with van der Waals surface area (Å²) in [6.45, 7) is 11.4. The van der Waals surface area contributed by atoms with Crippen molar-refractivity contribution in [2.75, 3.05) is 13.2 Å². The van der Waals surface area contributed by atoms with E-state index in [2.05, 4.69) is 34.6 Å². The third kappa shape index (κ3) is 49.4. The zero-order valence-corrected chi connectivity index (χ0v) is 42.5. The van der Waals surface area contributed by atoms with Gasteiger partial charge in [-0.25, -0.2) is 0 Å². The Bertz CT molecular complexity index is 947. The molecule has 6 heteroatoms. The number of esters is 3. The lowest BCUT2D eigenvalue weighted by Gasteiger charge is -2.18. The summed E-state index contributed by atoms with van der Waals surface area (Å²) in [5, 5.41) is 0. The van der Waals surface area contributed by atoms with Gasteiger partial charge in [-0.15, -0.1) is 0 Å². The van der Waals surface area contributed by atoms with Crippen LogP contribution in [0, 0.1) is 11.8 Å². The fraction of sp³-hybridized carbons (Fsp3) is 0.946. The highest BCUT2D eigenvalue weighted by Crippen LogP contribution is 2.18. The number of carbonyl (C=O) groups excluding carboxylic acids is 3. The van der Waals surface area contributed by atoms with Crippen molar-refractivity contribution in [2.45, 2.75) is 317 Å². The number of hydrogen-bond acceptors (Lipinski definition) is 6. The second-order valence-corrected chi connectivity index (χ2v) is 20.2. The molecule has 0 rings (SSSR count). The minimum atomic E-state index is -0.762. The van der Waals surface area contributed by atoms with Crippen LogP contribution in [0.3, 0.4) is 0 Å². The van der Waals surface area contributed by atoms with E-state index >= 15 is 0 Å². The van der Waals surface area contributed by atoms with Crippen LogP contribution in [-0.4, -0.2) is 37.2 Å². The van der Waals surface area contributed by atoms with Crippen molar-refractivity contribution in [3.63, 3.8) is 0 Å². The first kappa shape index (κ1) is 60.4. The maximum Gasteiger partial charge on any atom is 0.306 e. The predicted molar refractivity (Wildman–Crippen MR) is 266 cm³/mol. The largest absolute Gasteiger partial charge is 0.462 e. The van der Waals surface area contributed by atoms with Crippen molar-refractivity contribution in [1.29, 1.82) is 0 Å². The lowest BCUT2D eigenvalue weighted by molar-refractivity contribution is -0.167. The number of hydrogen-bond donors (Lipinski definition) is 0. The Morgan fingerprint density at radius 2 is 0.532 bits per heavy atom. The molecule has 0 saturated heterocycles. The van der Waals surface area contributed by atoms with Crippen LogP contribution in [0.5, 0.6) is 0 Å². The van der Waals surface area contributed by atoms with Crippen LogP contribution in [-0.2, 0) is 28.6 Å². The maximum atomic E-state index is 12.8. The summed E-state index contributed by atoms with van der Waals surface area (Å²) in [6, 6.07) is 0. The molecule has 0 aliphatic rings. The molecule has 0 aromatic carbocycles. The van der Waals surface area contributed by atoms with Crippen molar-refractivity contribution in [2.24, 2.45) is 11.8 Å². The van der Waals surface area contributed by atoms with Crippen molar-refractivity contribution < 1.29 is 28.6 Å². The molecular formula is C56H108O6. The molecule has 368 valence electrons.